The van der Waals surface area contributed by atoms with E-state index in [1.165, 1.54) is 55.4 Å². The predicted octanol–water partition coefficient (Wildman–Crippen LogP) is 7.11. The van der Waals surface area contributed by atoms with Crippen molar-refractivity contribution in [3.63, 3.8) is 0 Å². The summed E-state index contributed by atoms with van der Waals surface area (Å²) < 4.78 is 0. The molecule has 0 unspecified atom stereocenters. The van der Waals surface area contributed by atoms with Crippen LogP contribution in [0.15, 0.2) is 66.3 Å². The largest absolute Gasteiger partial charge is 0.380 e. The van der Waals surface area contributed by atoms with Crippen LogP contribution in [0.2, 0.25) is 0 Å². The first-order chi connectivity index (χ1) is 13.0. The molecule has 0 amide bonds. The van der Waals surface area contributed by atoms with Gasteiger partial charge in [-0.1, -0.05) is 66.2 Å². The average molecular weight is 354 g/mol. The summed E-state index contributed by atoms with van der Waals surface area (Å²) in [4.78, 5) is 0. The van der Waals surface area contributed by atoms with E-state index in [-0.39, 0.29) is 0 Å². The number of aryl methyl sites for hydroxylation is 3. The number of hydrogen-bond donors (Lipinski definition) is 1. The molecular weight excluding hydrogens is 326 g/mol. The maximum absolute atomic E-state index is 3.75. The summed E-state index contributed by atoms with van der Waals surface area (Å²) in [6.07, 6.45) is 5.54. The molecular formula is C26H27N. The molecule has 0 saturated heterocycles. The molecule has 1 heteroatoms. The summed E-state index contributed by atoms with van der Waals surface area (Å²) in [5.41, 5.74) is 10.8. The summed E-state index contributed by atoms with van der Waals surface area (Å²) in [5.74, 6) is 0. The van der Waals surface area contributed by atoms with Crippen LogP contribution < -0.4 is 5.32 Å². The number of nitrogens with one attached hydrogen (secondary N) is 1. The van der Waals surface area contributed by atoms with Crippen LogP contribution in [0.1, 0.15) is 41.2 Å². The second-order valence-corrected chi connectivity index (χ2v) is 7.71. The highest BCUT2D eigenvalue weighted by Crippen LogP contribution is 2.35. The van der Waals surface area contributed by atoms with Crippen molar-refractivity contribution in [2.75, 3.05) is 5.32 Å². The topological polar surface area (TPSA) is 12.0 Å². The lowest BCUT2D eigenvalue weighted by Crippen LogP contribution is -2.06. The third-order valence-electron chi connectivity index (χ3n) is 5.65. The lowest BCUT2D eigenvalue weighted by atomic mass is 9.92. The Kier molecular flexibility index (Phi) is 4.61. The van der Waals surface area contributed by atoms with Crippen LogP contribution in [-0.2, 0) is 6.54 Å². The van der Waals surface area contributed by atoms with Gasteiger partial charge in [0, 0.05) is 12.2 Å². The molecule has 1 N–H and O–H groups in total. The van der Waals surface area contributed by atoms with Crippen molar-refractivity contribution in [3.05, 3.63) is 94.1 Å². The van der Waals surface area contributed by atoms with Crippen molar-refractivity contribution >= 4 is 22.0 Å². The Hall–Kier alpha value is -2.80. The normalized spacial score (nSPS) is 13.6. The lowest BCUT2D eigenvalue weighted by molar-refractivity contribution is 1.13. The summed E-state index contributed by atoms with van der Waals surface area (Å²) in [6.45, 7) is 9.60. The van der Waals surface area contributed by atoms with Crippen molar-refractivity contribution in [2.24, 2.45) is 0 Å². The molecule has 1 aliphatic carbocycles. The van der Waals surface area contributed by atoms with Crippen molar-refractivity contribution < 1.29 is 0 Å². The molecule has 4 rings (SSSR count). The summed E-state index contributed by atoms with van der Waals surface area (Å²) in [6, 6.07) is 17.8. The number of fused-ring (bicyclic) bond motifs is 1. The average Bonchev–Trinajstić information content (AvgIpc) is 3.06. The highest BCUT2D eigenvalue weighted by atomic mass is 14.9. The molecule has 0 radical (unpaired) electrons. The third kappa shape index (κ3) is 3.30. The van der Waals surface area contributed by atoms with Gasteiger partial charge in [0.15, 0.2) is 0 Å². The Morgan fingerprint density at radius 1 is 0.889 bits per heavy atom. The molecule has 0 fully saturated rings. The Bertz CT molecular complexity index is 1060. The van der Waals surface area contributed by atoms with Crippen LogP contribution >= 0.6 is 0 Å². The molecule has 0 saturated carbocycles. The maximum atomic E-state index is 3.75. The zero-order valence-corrected chi connectivity index (χ0v) is 16.7. The quantitative estimate of drug-likeness (QED) is 0.527. The fourth-order valence-electron chi connectivity index (χ4n) is 4.38. The maximum Gasteiger partial charge on any atom is 0.0413 e. The minimum atomic E-state index is 0.832. The molecule has 1 nitrogen and oxygen atoms in total. The molecule has 0 aliphatic heterocycles. The molecule has 3 aromatic carbocycles. The number of anilines is 1. The van der Waals surface area contributed by atoms with Gasteiger partial charge in [0.1, 0.15) is 0 Å². The number of rotatable bonds is 4. The molecule has 27 heavy (non-hydrogen) atoms. The first kappa shape index (κ1) is 17.6. The van der Waals surface area contributed by atoms with E-state index in [0.29, 0.717) is 0 Å². The van der Waals surface area contributed by atoms with Gasteiger partial charge in [-0.3, -0.25) is 0 Å². The standard InChI is InChI=1S/C26H27N/c1-17-14-19(3)26(20(4)15-17)27-16-25-23-10-6-5-9-21(23)12-13-24(25)22-11-7-8-18(22)2/h5-10,12-15,27H,11,16H2,1-4H3. The van der Waals surface area contributed by atoms with E-state index in [1.807, 2.05) is 0 Å². The Balaban J connectivity index is 1.79. The molecule has 0 spiro atoms. The molecule has 0 heterocycles. The van der Waals surface area contributed by atoms with E-state index in [0.717, 1.165) is 13.0 Å². The highest BCUT2D eigenvalue weighted by Gasteiger charge is 2.15. The van der Waals surface area contributed by atoms with Crippen LogP contribution in [0.5, 0.6) is 0 Å². The number of hydrogen-bond acceptors (Lipinski definition) is 1. The van der Waals surface area contributed by atoms with E-state index in [2.05, 4.69) is 93.7 Å². The molecule has 3 aromatic rings. The van der Waals surface area contributed by atoms with Gasteiger partial charge >= 0.3 is 0 Å². The van der Waals surface area contributed by atoms with Gasteiger partial charge in [-0.25, -0.2) is 0 Å². The Morgan fingerprint density at radius 2 is 1.63 bits per heavy atom. The fourth-order valence-corrected chi connectivity index (χ4v) is 4.38. The van der Waals surface area contributed by atoms with Crippen LogP contribution in [-0.4, -0.2) is 0 Å². The van der Waals surface area contributed by atoms with Gasteiger partial charge in [-0.15, -0.1) is 0 Å². The summed E-state index contributed by atoms with van der Waals surface area (Å²) in [5, 5.41) is 6.40. The van der Waals surface area contributed by atoms with E-state index >= 15 is 0 Å². The molecule has 0 aromatic heterocycles. The zero-order chi connectivity index (χ0) is 19.0. The van der Waals surface area contributed by atoms with Gasteiger partial charge in [0.2, 0.25) is 0 Å². The van der Waals surface area contributed by atoms with Crippen molar-refractivity contribution in [1.82, 2.24) is 0 Å². The molecule has 0 atom stereocenters. The second-order valence-electron chi connectivity index (χ2n) is 7.71. The monoisotopic (exact) mass is 353 g/mol. The van der Waals surface area contributed by atoms with Gasteiger partial charge in [0.05, 0.1) is 0 Å². The fraction of sp³-hybridized carbons (Fsp3) is 0.231. The smallest absolute Gasteiger partial charge is 0.0413 e. The van der Waals surface area contributed by atoms with Gasteiger partial charge in [-0.2, -0.15) is 0 Å². The van der Waals surface area contributed by atoms with Crippen molar-refractivity contribution in [3.8, 4) is 0 Å². The zero-order valence-electron chi connectivity index (χ0n) is 16.7. The second kappa shape index (κ2) is 7.08. The molecule has 136 valence electrons. The van der Waals surface area contributed by atoms with Gasteiger partial charge in [0.25, 0.3) is 0 Å². The van der Waals surface area contributed by atoms with E-state index in [9.17, 15) is 0 Å². The van der Waals surface area contributed by atoms with E-state index in [1.54, 1.807) is 0 Å². The van der Waals surface area contributed by atoms with E-state index in [4.69, 9.17) is 0 Å². The van der Waals surface area contributed by atoms with Crippen LogP contribution in [0, 0.1) is 20.8 Å². The highest BCUT2D eigenvalue weighted by molar-refractivity contribution is 5.92. The summed E-state index contributed by atoms with van der Waals surface area (Å²) in [7, 11) is 0. The summed E-state index contributed by atoms with van der Waals surface area (Å²) >= 11 is 0. The SMILES string of the molecule is CC1=C(c2ccc3ccccc3c2CNc2c(C)cc(C)cc2C)CC=C1. The number of allylic oxidation sites excluding steroid dienone is 4. The molecule has 0 bridgehead atoms. The number of benzene rings is 3. The van der Waals surface area contributed by atoms with E-state index < -0.39 is 0 Å². The Morgan fingerprint density at radius 3 is 2.33 bits per heavy atom. The first-order valence-electron chi connectivity index (χ1n) is 9.73. The lowest BCUT2D eigenvalue weighted by Gasteiger charge is -2.19. The van der Waals surface area contributed by atoms with Crippen LogP contribution in [0.3, 0.4) is 0 Å². The van der Waals surface area contributed by atoms with Crippen molar-refractivity contribution in [2.45, 2.75) is 40.7 Å². The van der Waals surface area contributed by atoms with Crippen molar-refractivity contribution in [1.29, 1.82) is 0 Å². The third-order valence-corrected chi connectivity index (χ3v) is 5.65. The first-order valence-corrected chi connectivity index (χ1v) is 9.73. The minimum Gasteiger partial charge on any atom is -0.380 e. The van der Waals surface area contributed by atoms with Crippen LogP contribution in [0.25, 0.3) is 16.3 Å². The van der Waals surface area contributed by atoms with Gasteiger partial charge < -0.3 is 5.32 Å². The Labute approximate surface area is 162 Å². The minimum absolute atomic E-state index is 0.832. The van der Waals surface area contributed by atoms with Crippen LogP contribution in [0.4, 0.5) is 5.69 Å². The molecule has 1 aliphatic rings. The van der Waals surface area contributed by atoms with Gasteiger partial charge in [-0.05, 0) is 78.3 Å². The predicted molar refractivity (Wildman–Crippen MR) is 118 cm³/mol.